The molecule has 2 rings (SSSR count). The zero-order valence-electron chi connectivity index (χ0n) is 10.8. The van der Waals surface area contributed by atoms with Crippen LogP contribution in [-0.4, -0.2) is 49.3 Å². The average Bonchev–Trinajstić information content (AvgIpc) is 2.45. The molecule has 0 aliphatic carbocycles. The maximum Gasteiger partial charge on any atom is 0.101 e. The second kappa shape index (κ2) is 6.76. The molecule has 102 valence electrons. The van der Waals surface area contributed by atoms with E-state index >= 15 is 0 Å². The van der Waals surface area contributed by atoms with Gasteiger partial charge in [-0.25, -0.2) is 0 Å². The quantitative estimate of drug-likeness (QED) is 0.912. The number of benzene rings is 1. The van der Waals surface area contributed by atoms with E-state index in [0.29, 0.717) is 10.6 Å². The molecule has 0 radical (unpaired) electrons. The van der Waals surface area contributed by atoms with Crippen molar-refractivity contribution in [2.75, 3.05) is 44.2 Å². The molecule has 1 fully saturated rings. The second-order valence-corrected chi connectivity index (χ2v) is 5.12. The maximum atomic E-state index is 9.15. The summed E-state index contributed by atoms with van der Waals surface area (Å²) in [6, 6.07) is 7.61. The fourth-order valence-electron chi connectivity index (χ4n) is 2.37. The summed E-state index contributed by atoms with van der Waals surface area (Å²) in [5.74, 6) is 0. The van der Waals surface area contributed by atoms with Crippen LogP contribution in [0.1, 0.15) is 12.0 Å². The maximum absolute atomic E-state index is 9.15. The molecule has 0 spiro atoms. The summed E-state index contributed by atoms with van der Waals surface area (Å²) in [6.45, 7) is 4.87. The Hall–Kier alpha value is -1.28. The van der Waals surface area contributed by atoms with E-state index in [-0.39, 0.29) is 6.61 Å². The molecule has 0 unspecified atom stereocenters. The number of nitriles is 1. The van der Waals surface area contributed by atoms with Gasteiger partial charge >= 0.3 is 0 Å². The first-order valence-electron chi connectivity index (χ1n) is 6.52. The Labute approximate surface area is 118 Å². The Kier molecular flexibility index (Phi) is 5.03. The summed E-state index contributed by atoms with van der Waals surface area (Å²) in [4.78, 5) is 4.54. The molecule has 1 N–H and O–H groups in total. The summed E-state index contributed by atoms with van der Waals surface area (Å²) in [5, 5.41) is 18.7. The minimum absolute atomic E-state index is 0.243. The number of nitrogens with zero attached hydrogens (tertiary/aromatic N) is 3. The number of rotatable bonds is 4. The largest absolute Gasteiger partial charge is 0.396 e. The van der Waals surface area contributed by atoms with Crippen molar-refractivity contribution < 1.29 is 5.11 Å². The molecule has 1 aliphatic rings. The lowest BCUT2D eigenvalue weighted by atomic mass is 10.1. The van der Waals surface area contributed by atoms with Gasteiger partial charge in [0.2, 0.25) is 0 Å². The van der Waals surface area contributed by atoms with Gasteiger partial charge < -0.3 is 10.0 Å². The first kappa shape index (κ1) is 14.1. The molecule has 0 aromatic heterocycles. The van der Waals surface area contributed by atoms with Crippen molar-refractivity contribution >= 4 is 17.3 Å². The molecule has 1 aliphatic heterocycles. The Bertz CT molecular complexity index is 464. The number of hydrogen-bond acceptors (Lipinski definition) is 4. The molecule has 1 heterocycles. The van der Waals surface area contributed by atoms with E-state index in [1.807, 2.05) is 6.07 Å². The summed E-state index contributed by atoms with van der Waals surface area (Å²) in [5.41, 5.74) is 1.60. The van der Waals surface area contributed by atoms with Crippen LogP contribution in [0.4, 0.5) is 5.69 Å². The van der Waals surface area contributed by atoms with Crippen molar-refractivity contribution in [1.82, 2.24) is 4.90 Å². The summed E-state index contributed by atoms with van der Waals surface area (Å²) in [7, 11) is 0. The van der Waals surface area contributed by atoms with Crippen molar-refractivity contribution in [1.29, 1.82) is 5.26 Å². The van der Waals surface area contributed by atoms with E-state index in [0.717, 1.165) is 44.8 Å². The van der Waals surface area contributed by atoms with Gasteiger partial charge in [-0.15, -0.1) is 0 Å². The smallest absolute Gasteiger partial charge is 0.101 e. The van der Waals surface area contributed by atoms with Crippen LogP contribution in [0, 0.1) is 11.3 Å². The van der Waals surface area contributed by atoms with Crippen LogP contribution in [0.25, 0.3) is 0 Å². The van der Waals surface area contributed by atoms with Gasteiger partial charge in [-0.05, 0) is 24.6 Å². The van der Waals surface area contributed by atoms with E-state index in [1.165, 1.54) is 0 Å². The van der Waals surface area contributed by atoms with Gasteiger partial charge in [-0.2, -0.15) is 5.26 Å². The number of piperazine rings is 1. The van der Waals surface area contributed by atoms with Gasteiger partial charge in [0.05, 0.1) is 11.3 Å². The van der Waals surface area contributed by atoms with E-state index in [2.05, 4.69) is 15.9 Å². The van der Waals surface area contributed by atoms with Crippen LogP contribution in [-0.2, 0) is 0 Å². The summed E-state index contributed by atoms with van der Waals surface area (Å²) >= 11 is 6.02. The molecule has 5 heteroatoms. The Balaban J connectivity index is 2.01. The first-order valence-corrected chi connectivity index (χ1v) is 6.90. The number of anilines is 1. The van der Waals surface area contributed by atoms with Crippen LogP contribution in [0.15, 0.2) is 18.2 Å². The standard InChI is InChI=1S/C14H18ClN3O/c15-13-3-2-12(11-16)14(10-13)18-7-5-17(6-8-18)4-1-9-19/h2-3,10,19H,1,4-9H2. The van der Waals surface area contributed by atoms with Crippen LogP contribution in [0.3, 0.4) is 0 Å². The zero-order chi connectivity index (χ0) is 13.7. The van der Waals surface area contributed by atoms with Crippen LogP contribution < -0.4 is 4.90 Å². The molecular weight excluding hydrogens is 262 g/mol. The first-order chi connectivity index (χ1) is 9.24. The molecule has 1 aromatic rings. The van der Waals surface area contributed by atoms with Gasteiger partial charge in [-0.3, -0.25) is 4.90 Å². The highest BCUT2D eigenvalue weighted by Gasteiger charge is 2.19. The molecule has 4 nitrogen and oxygen atoms in total. The lowest BCUT2D eigenvalue weighted by Gasteiger charge is -2.36. The second-order valence-electron chi connectivity index (χ2n) is 4.68. The minimum Gasteiger partial charge on any atom is -0.396 e. The molecule has 0 bridgehead atoms. The molecular formula is C14H18ClN3O. The van der Waals surface area contributed by atoms with Gasteiger partial charge in [0.1, 0.15) is 6.07 Å². The Morgan fingerprint density at radius 3 is 2.63 bits per heavy atom. The summed E-state index contributed by atoms with van der Waals surface area (Å²) in [6.07, 6.45) is 0.820. The molecule has 1 saturated heterocycles. The van der Waals surface area contributed by atoms with Crippen molar-refractivity contribution in [3.05, 3.63) is 28.8 Å². The van der Waals surface area contributed by atoms with Gasteiger partial charge in [0, 0.05) is 44.4 Å². The van der Waals surface area contributed by atoms with Crippen molar-refractivity contribution in [3.8, 4) is 6.07 Å². The predicted molar refractivity (Wildman–Crippen MR) is 76.5 cm³/mol. The van der Waals surface area contributed by atoms with E-state index < -0.39 is 0 Å². The summed E-state index contributed by atoms with van der Waals surface area (Å²) < 4.78 is 0. The van der Waals surface area contributed by atoms with Crippen molar-refractivity contribution in [3.63, 3.8) is 0 Å². The lowest BCUT2D eigenvalue weighted by molar-refractivity contribution is 0.216. The molecule has 0 saturated carbocycles. The Morgan fingerprint density at radius 2 is 2.00 bits per heavy atom. The van der Waals surface area contributed by atoms with Crippen molar-refractivity contribution in [2.24, 2.45) is 0 Å². The fourth-order valence-corrected chi connectivity index (χ4v) is 2.53. The zero-order valence-corrected chi connectivity index (χ0v) is 11.6. The third-order valence-electron chi connectivity index (χ3n) is 3.43. The minimum atomic E-state index is 0.243. The predicted octanol–water partition coefficient (Wildman–Crippen LogP) is 1.72. The monoisotopic (exact) mass is 279 g/mol. The van der Waals surface area contributed by atoms with Crippen molar-refractivity contribution in [2.45, 2.75) is 6.42 Å². The highest BCUT2D eigenvalue weighted by atomic mass is 35.5. The molecule has 0 atom stereocenters. The van der Waals surface area contributed by atoms with E-state index in [4.69, 9.17) is 22.0 Å². The molecule has 0 amide bonds. The fraction of sp³-hybridized carbons (Fsp3) is 0.500. The third kappa shape index (κ3) is 3.60. The number of hydrogen-bond donors (Lipinski definition) is 1. The van der Waals surface area contributed by atoms with Crippen LogP contribution in [0.5, 0.6) is 0 Å². The number of halogens is 1. The van der Waals surface area contributed by atoms with Gasteiger partial charge in [0.15, 0.2) is 0 Å². The lowest BCUT2D eigenvalue weighted by Crippen LogP contribution is -2.47. The third-order valence-corrected chi connectivity index (χ3v) is 3.66. The molecule has 19 heavy (non-hydrogen) atoms. The highest BCUT2D eigenvalue weighted by Crippen LogP contribution is 2.25. The number of aliphatic hydroxyl groups is 1. The SMILES string of the molecule is N#Cc1ccc(Cl)cc1N1CCN(CCCO)CC1. The number of aliphatic hydroxyl groups excluding tert-OH is 1. The van der Waals surface area contributed by atoms with Crippen LogP contribution in [0.2, 0.25) is 5.02 Å². The van der Waals surface area contributed by atoms with E-state index in [9.17, 15) is 0 Å². The average molecular weight is 280 g/mol. The van der Waals surface area contributed by atoms with Gasteiger partial charge in [-0.1, -0.05) is 11.6 Å². The Morgan fingerprint density at radius 1 is 1.26 bits per heavy atom. The van der Waals surface area contributed by atoms with Gasteiger partial charge in [0.25, 0.3) is 0 Å². The topological polar surface area (TPSA) is 50.5 Å². The molecule has 1 aromatic carbocycles. The van der Waals surface area contributed by atoms with E-state index in [1.54, 1.807) is 12.1 Å². The van der Waals surface area contributed by atoms with Crippen LogP contribution >= 0.6 is 11.6 Å². The highest BCUT2D eigenvalue weighted by molar-refractivity contribution is 6.30. The normalized spacial score (nSPS) is 16.4.